The Balaban J connectivity index is 2.47. The summed E-state index contributed by atoms with van der Waals surface area (Å²) < 4.78 is 49.3. The van der Waals surface area contributed by atoms with Gasteiger partial charge in [0.2, 0.25) is 0 Å². The highest BCUT2D eigenvalue weighted by Crippen LogP contribution is 2.39. The van der Waals surface area contributed by atoms with Crippen molar-refractivity contribution in [2.75, 3.05) is 11.9 Å². The van der Waals surface area contributed by atoms with Crippen LogP contribution in [0.2, 0.25) is 0 Å². The lowest BCUT2D eigenvalue weighted by molar-refractivity contribution is -0.137. The highest BCUT2D eigenvalue weighted by atomic mass is 32.1. The Labute approximate surface area is 164 Å². The quantitative estimate of drug-likeness (QED) is 0.626. The van der Waals surface area contributed by atoms with Gasteiger partial charge in [0.05, 0.1) is 12.2 Å². The molecule has 2 aromatic rings. The lowest BCUT2D eigenvalue weighted by Crippen LogP contribution is -2.27. The van der Waals surface area contributed by atoms with Crippen molar-refractivity contribution >= 4 is 28.4 Å². The molecule has 28 heavy (non-hydrogen) atoms. The summed E-state index contributed by atoms with van der Waals surface area (Å²) in [6.07, 6.45) is -5.30. The average molecular weight is 415 g/mol. The summed E-state index contributed by atoms with van der Waals surface area (Å²) in [5.74, 6) is -0.748. The number of nitrogens with one attached hydrogen (secondary N) is 1. The summed E-state index contributed by atoms with van der Waals surface area (Å²) in [6.45, 7) is 6.72. The monoisotopic (exact) mass is 415 g/mol. The molecular formula is C19H20F3NO4S. The second-order valence-electron chi connectivity index (χ2n) is 6.78. The number of benzene rings is 1. The minimum absolute atomic E-state index is 0.0166. The van der Waals surface area contributed by atoms with Gasteiger partial charge in [0.15, 0.2) is 0 Å². The molecule has 0 aliphatic rings. The number of hydrogen-bond donors (Lipinski definition) is 1. The molecule has 0 saturated carbocycles. The third kappa shape index (κ3) is 5.48. The van der Waals surface area contributed by atoms with Gasteiger partial charge in [-0.3, -0.25) is 5.32 Å². The maximum absolute atomic E-state index is 13.0. The van der Waals surface area contributed by atoms with Crippen LogP contribution in [0.5, 0.6) is 0 Å². The number of esters is 1. The van der Waals surface area contributed by atoms with Crippen LogP contribution in [-0.4, -0.2) is 24.3 Å². The van der Waals surface area contributed by atoms with Gasteiger partial charge < -0.3 is 9.47 Å². The molecule has 0 spiro atoms. The van der Waals surface area contributed by atoms with Crippen LogP contribution in [0.25, 0.3) is 11.1 Å². The topological polar surface area (TPSA) is 64.6 Å². The highest BCUT2D eigenvalue weighted by Gasteiger charge is 2.31. The Kier molecular flexibility index (Phi) is 6.38. The van der Waals surface area contributed by atoms with Crippen molar-refractivity contribution in [3.8, 4) is 11.1 Å². The Morgan fingerprint density at radius 2 is 1.86 bits per heavy atom. The molecule has 1 amide bonds. The standard InChI is InChI=1S/C19H20F3NO4S/c1-5-26-16(24)14-13(11-7-6-8-12(9-11)19(20,21)22)10-28-15(14)23-17(25)27-18(2,3)4/h6-10H,5H2,1-4H3,(H,23,25). The van der Waals surface area contributed by atoms with E-state index in [2.05, 4.69) is 5.32 Å². The molecule has 0 aliphatic heterocycles. The van der Waals surface area contributed by atoms with Gasteiger partial charge in [0.1, 0.15) is 16.2 Å². The molecule has 0 unspecified atom stereocenters. The molecule has 1 aromatic carbocycles. The van der Waals surface area contributed by atoms with E-state index in [4.69, 9.17) is 9.47 Å². The van der Waals surface area contributed by atoms with Crippen molar-refractivity contribution in [1.29, 1.82) is 0 Å². The second kappa shape index (κ2) is 8.22. The molecular weight excluding hydrogens is 395 g/mol. The van der Waals surface area contributed by atoms with E-state index in [0.717, 1.165) is 23.5 Å². The van der Waals surface area contributed by atoms with E-state index >= 15 is 0 Å². The number of carbonyl (C=O) groups excluding carboxylic acids is 2. The summed E-state index contributed by atoms with van der Waals surface area (Å²) in [5.41, 5.74) is -1.19. The van der Waals surface area contributed by atoms with Crippen LogP contribution >= 0.6 is 11.3 Å². The van der Waals surface area contributed by atoms with Crippen LogP contribution in [0.3, 0.4) is 0 Å². The van der Waals surface area contributed by atoms with Crippen molar-refractivity contribution in [2.24, 2.45) is 0 Å². The van der Waals surface area contributed by atoms with Crippen LogP contribution in [0.4, 0.5) is 23.0 Å². The maximum Gasteiger partial charge on any atom is 0.416 e. The summed E-state index contributed by atoms with van der Waals surface area (Å²) in [4.78, 5) is 24.5. The molecule has 0 atom stereocenters. The van der Waals surface area contributed by atoms with E-state index in [0.29, 0.717) is 0 Å². The fourth-order valence-electron chi connectivity index (χ4n) is 2.33. The molecule has 0 fully saturated rings. The number of alkyl halides is 3. The van der Waals surface area contributed by atoms with E-state index < -0.39 is 29.4 Å². The van der Waals surface area contributed by atoms with Gasteiger partial charge in [-0.15, -0.1) is 11.3 Å². The number of thiophene rings is 1. The Hall–Kier alpha value is -2.55. The van der Waals surface area contributed by atoms with Gasteiger partial charge >= 0.3 is 18.2 Å². The van der Waals surface area contributed by atoms with Gasteiger partial charge in [0.25, 0.3) is 0 Å². The zero-order chi connectivity index (χ0) is 21.1. The molecule has 5 nitrogen and oxygen atoms in total. The smallest absolute Gasteiger partial charge is 0.416 e. The Morgan fingerprint density at radius 1 is 1.18 bits per heavy atom. The molecule has 0 aliphatic carbocycles. The van der Waals surface area contributed by atoms with Crippen LogP contribution in [0.15, 0.2) is 29.6 Å². The van der Waals surface area contributed by atoms with Crippen molar-refractivity contribution in [2.45, 2.75) is 39.5 Å². The molecule has 0 radical (unpaired) electrons. The molecule has 1 heterocycles. The van der Waals surface area contributed by atoms with Gasteiger partial charge in [-0.1, -0.05) is 12.1 Å². The molecule has 0 bridgehead atoms. The minimum atomic E-state index is -4.52. The lowest BCUT2D eigenvalue weighted by atomic mass is 10.0. The Morgan fingerprint density at radius 3 is 2.43 bits per heavy atom. The molecule has 1 N–H and O–H groups in total. The molecule has 152 valence electrons. The maximum atomic E-state index is 13.0. The van der Waals surface area contributed by atoms with Gasteiger partial charge in [-0.2, -0.15) is 13.2 Å². The second-order valence-corrected chi connectivity index (χ2v) is 7.66. The van der Waals surface area contributed by atoms with Gasteiger partial charge in [0, 0.05) is 10.9 Å². The number of carbonyl (C=O) groups is 2. The third-order valence-corrected chi connectivity index (χ3v) is 4.28. The van der Waals surface area contributed by atoms with E-state index in [1.54, 1.807) is 27.7 Å². The predicted molar refractivity (Wildman–Crippen MR) is 101 cm³/mol. The minimum Gasteiger partial charge on any atom is -0.462 e. The number of hydrogen-bond acceptors (Lipinski definition) is 5. The number of anilines is 1. The van der Waals surface area contributed by atoms with Crippen LogP contribution in [0.1, 0.15) is 43.6 Å². The van der Waals surface area contributed by atoms with Gasteiger partial charge in [-0.25, -0.2) is 9.59 Å². The zero-order valence-corrected chi connectivity index (χ0v) is 16.6. The largest absolute Gasteiger partial charge is 0.462 e. The number of ether oxygens (including phenoxy) is 2. The van der Waals surface area contributed by atoms with Crippen molar-refractivity contribution in [1.82, 2.24) is 0 Å². The van der Waals surface area contributed by atoms with Crippen molar-refractivity contribution in [3.05, 3.63) is 40.8 Å². The summed E-state index contributed by atoms with van der Waals surface area (Å²) in [5, 5.41) is 4.11. The summed E-state index contributed by atoms with van der Waals surface area (Å²) in [6, 6.07) is 4.60. The first-order chi connectivity index (χ1) is 12.9. The van der Waals surface area contributed by atoms with E-state index in [1.165, 1.54) is 17.5 Å². The lowest BCUT2D eigenvalue weighted by Gasteiger charge is -2.19. The van der Waals surface area contributed by atoms with Crippen LogP contribution in [-0.2, 0) is 15.7 Å². The first kappa shape index (κ1) is 21.7. The van der Waals surface area contributed by atoms with Crippen LogP contribution < -0.4 is 5.32 Å². The fourth-order valence-corrected chi connectivity index (χ4v) is 3.27. The van der Waals surface area contributed by atoms with E-state index in [9.17, 15) is 22.8 Å². The number of amides is 1. The molecule has 1 aromatic heterocycles. The predicted octanol–water partition coefficient (Wildman–Crippen LogP) is 5.96. The average Bonchev–Trinajstić information content (AvgIpc) is 2.96. The van der Waals surface area contributed by atoms with Gasteiger partial charge in [-0.05, 0) is 45.4 Å². The number of halogens is 3. The van der Waals surface area contributed by atoms with Crippen LogP contribution in [0, 0.1) is 0 Å². The normalized spacial score (nSPS) is 11.8. The first-order valence-corrected chi connectivity index (χ1v) is 9.26. The Bertz CT molecular complexity index is 869. The zero-order valence-electron chi connectivity index (χ0n) is 15.8. The molecule has 9 heteroatoms. The molecule has 0 saturated heterocycles. The highest BCUT2D eigenvalue weighted by molar-refractivity contribution is 7.15. The summed E-state index contributed by atoms with van der Waals surface area (Å²) in [7, 11) is 0. The summed E-state index contributed by atoms with van der Waals surface area (Å²) >= 11 is 0.999. The van der Waals surface area contributed by atoms with E-state index in [1.807, 2.05) is 0 Å². The first-order valence-electron chi connectivity index (χ1n) is 8.38. The van der Waals surface area contributed by atoms with E-state index in [-0.39, 0.29) is 28.3 Å². The van der Waals surface area contributed by atoms with Crippen molar-refractivity contribution in [3.63, 3.8) is 0 Å². The van der Waals surface area contributed by atoms with Crippen molar-refractivity contribution < 1.29 is 32.2 Å². The fraction of sp³-hybridized carbons (Fsp3) is 0.368. The third-order valence-electron chi connectivity index (χ3n) is 3.39. The number of rotatable bonds is 4. The SMILES string of the molecule is CCOC(=O)c1c(-c2cccc(C(F)(F)F)c2)csc1NC(=O)OC(C)(C)C. The molecule has 2 rings (SSSR count).